The lowest BCUT2D eigenvalue weighted by atomic mass is 10.4. The number of aryl methyl sites for hydroxylation is 2. The van der Waals surface area contributed by atoms with Crippen LogP contribution in [0.1, 0.15) is 13.3 Å². The van der Waals surface area contributed by atoms with Gasteiger partial charge < -0.3 is 4.57 Å². The molecule has 2 aromatic rings. The molecule has 0 saturated carbocycles. The molecular formula is C11H15BrN4O2S. The van der Waals surface area contributed by atoms with Crippen LogP contribution in [0.15, 0.2) is 14.7 Å². The normalized spacial score (nSPS) is 11.3. The highest BCUT2D eigenvalue weighted by molar-refractivity contribution is 9.09. The number of H-pyrrole nitrogens is 1. The molecule has 0 aliphatic rings. The summed E-state index contributed by atoms with van der Waals surface area (Å²) in [4.78, 5) is 30.3. The molecule has 6 nitrogen and oxygen atoms in total. The molecule has 0 radical (unpaired) electrons. The molecule has 104 valence electrons. The number of imidazole rings is 1. The Labute approximate surface area is 122 Å². The van der Waals surface area contributed by atoms with Crippen LogP contribution >= 0.6 is 27.7 Å². The Bertz CT molecular complexity index is 703. The van der Waals surface area contributed by atoms with Crippen LogP contribution in [0.2, 0.25) is 0 Å². The van der Waals surface area contributed by atoms with Gasteiger partial charge in [-0.1, -0.05) is 34.6 Å². The number of hydrogen-bond acceptors (Lipinski definition) is 4. The number of thioether (sulfide) groups is 1. The molecule has 2 heterocycles. The van der Waals surface area contributed by atoms with Gasteiger partial charge in [-0.15, -0.1) is 0 Å². The van der Waals surface area contributed by atoms with E-state index in [1.165, 1.54) is 4.57 Å². The van der Waals surface area contributed by atoms with Gasteiger partial charge in [0.1, 0.15) is 0 Å². The third-order valence-corrected chi connectivity index (χ3v) is 4.63. The minimum absolute atomic E-state index is 0.371. The molecule has 0 saturated heterocycles. The van der Waals surface area contributed by atoms with Crippen molar-refractivity contribution in [2.45, 2.75) is 25.0 Å². The van der Waals surface area contributed by atoms with Gasteiger partial charge in [0.05, 0.1) is 0 Å². The summed E-state index contributed by atoms with van der Waals surface area (Å²) in [6.45, 7) is 2.75. The van der Waals surface area contributed by atoms with Crippen LogP contribution in [-0.2, 0) is 13.6 Å². The van der Waals surface area contributed by atoms with Crippen molar-refractivity contribution in [3.63, 3.8) is 0 Å². The number of nitrogens with zero attached hydrogens (tertiary/aromatic N) is 3. The Morgan fingerprint density at radius 1 is 1.42 bits per heavy atom. The SMILES string of the molecule is CCCn1c(SCCBr)nc2c1c(=O)[nH]c(=O)n2C. The van der Waals surface area contributed by atoms with E-state index in [0.717, 1.165) is 22.7 Å². The maximum atomic E-state index is 12.0. The molecule has 0 spiro atoms. The molecule has 0 bridgehead atoms. The van der Waals surface area contributed by atoms with Crippen LogP contribution in [0.5, 0.6) is 0 Å². The molecule has 2 rings (SSSR count). The second-order valence-corrected chi connectivity index (χ2v) is 5.93. The standard InChI is InChI=1S/C11H15BrN4O2S/c1-3-5-16-7-8(13-11(16)19-6-4-12)15(2)10(18)14-9(7)17/h3-6H2,1-2H3,(H,14,17,18). The average molecular weight is 347 g/mol. The Morgan fingerprint density at radius 3 is 2.79 bits per heavy atom. The van der Waals surface area contributed by atoms with Gasteiger partial charge in [0.25, 0.3) is 5.56 Å². The fraction of sp³-hybridized carbons (Fsp3) is 0.545. The van der Waals surface area contributed by atoms with Gasteiger partial charge >= 0.3 is 5.69 Å². The van der Waals surface area contributed by atoms with E-state index in [-0.39, 0.29) is 5.56 Å². The predicted molar refractivity (Wildman–Crippen MR) is 80.4 cm³/mol. The Morgan fingerprint density at radius 2 is 2.16 bits per heavy atom. The summed E-state index contributed by atoms with van der Waals surface area (Å²) in [5.41, 5.74) is 0.112. The number of halogens is 1. The second kappa shape index (κ2) is 5.96. The maximum absolute atomic E-state index is 12.0. The summed E-state index contributed by atoms with van der Waals surface area (Å²) in [5.74, 6) is 0.860. The lowest BCUT2D eigenvalue weighted by Crippen LogP contribution is -2.29. The van der Waals surface area contributed by atoms with Crippen LogP contribution in [-0.4, -0.2) is 30.2 Å². The van der Waals surface area contributed by atoms with Crippen molar-refractivity contribution >= 4 is 38.9 Å². The number of alkyl halides is 1. The first-order chi connectivity index (χ1) is 9.10. The van der Waals surface area contributed by atoms with Gasteiger partial charge in [-0.3, -0.25) is 14.3 Å². The molecule has 2 aromatic heterocycles. The van der Waals surface area contributed by atoms with Gasteiger partial charge in [0.2, 0.25) is 0 Å². The highest BCUT2D eigenvalue weighted by Gasteiger charge is 2.16. The molecule has 0 aliphatic carbocycles. The number of hydrogen-bond donors (Lipinski definition) is 1. The Kier molecular flexibility index (Phi) is 4.51. The molecule has 0 unspecified atom stereocenters. The molecule has 0 amide bonds. The van der Waals surface area contributed by atoms with Crippen molar-refractivity contribution in [2.24, 2.45) is 7.05 Å². The van der Waals surface area contributed by atoms with Gasteiger partial charge in [-0.2, -0.15) is 0 Å². The van der Waals surface area contributed by atoms with E-state index < -0.39 is 5.69 Å². The highest BCUT2D eigenvalue weighted by Crippen LogP contribution is 2.21. The van der Waals surface area contributed by atoms with Crippen LogP contribution in [0.3, 0.4) is 0 Å². The third kappa shape index (κ3) is 2.64. The van der Waals surface area contributed by atoms with Gasteiger partial charge in [0.15, 0.2) is 16.3 Å². The predicted octanol–water partition coefficient (Wildman–Crippen LogP) is 1.32. The zero-order chi connectivity index (χ0) is 14.0. The molecular weight excluding hydrogens is 332 g/mol. The number of rotatable bonds is 5. The van der Waals surface area contributed by atoms with Gasteiger partial charge in [-0.25, -0.2) is 9.78 Å². The summed E-state index contributed by atoms with van der Waals surface area (Å²) in [6, 6.07) is 0. The van der Waals surface area contributed by atoms with E-state index in [9.17, 15) is 9.59 Å². The average Bonchev–Trinajstić information content (AvgIpc) is 2.74. The van der Waals surface area contributed by atoms with Crippen molar-refractivity contribution in [1.82, 2.24) is 19.1 Å². The van der Waals surface area contributed by atoms with Crippen molar-refractivity contribution in [1.29, 1.82) is 0 Å². The molecule has 1 N–H and O–H groups in total. The molecule has 0 aromatic carbocycles. The van der Waals surface area contributed by atoms with Crippen LogP contribution in [0.25, 0.3) is 11.2 Å². The molecule has 0 atom stereocenters. The fourth-order valence-electron chi connectivity index (χ4n) is 1.89. The molecule has 0 fully saturated rings. The molecule has 19 heavy (non-hydrogen) atoms. The number of fused-ring (bicyclic) bond motifs is 1. The first kappa shape index (κ1) is 14.4. The van der Waals surface area contributed by atoms with Crippen molar-refractivity contribution in [2.75, 3.05) is 11.1 Å². The largest absolute Gasteiger partial charge is 0.329 e. The lowest BCUT2D eigenvalue weighted by molar-refractivity contribution is 0.636. The molecule has 8 heteroatoms. The fourth-order valence-corrected chi connectivity index (χ4v) is 3.12. The van der Waals surface area contributed by atoms with Crippen LogP contribution in [0.4, 0.5) is 0 Å². The van der Waals surface area contributed by atoms with E-state index in [4.69, 9.17) is 0 Å². The van der Waals surface area contributed by atoms with Gasteiger partial charge in [-0.05, 0) is 6.42 Å². The first-order valence-corrected chi connectivity index (χ1v) is 8.09. The summed E-state index contributed by atoms with van der Waals surface area (Å²) in [5, 5.41) is 1.63. The Hall–Kier alpha value is -1.02. The van der Waals surface area contributed by atoms with E-state index in [0.29, 0.717) is 17.7 Å². The minimum atomic E-state index is -0.435. The smallest absolute Gasteiger partial charge is 0.313 e. The summed E-state index contributed by atoms with van der Waals surface area (Å²) >= 11 is 4.95. The minimum Gasteiger partial charge on any atom is -0.313 e. The zero-order valence-corrected chi connectivity index (χ0v) is 13.2. The highest BCUT2D eigenvalue weighted by atomic mass is 79.9. The van der Waals surface area contributed by atoms with Crippen LogP contribution < -0.4 is 11.2 Å². The Balaban J connectivity index is 2.73. The lowest BCUT2D eigenvalue weighted by Gasteiger charge is -2.05. The van der Waals surface area contributed by atoms with Gasteiger partial charge in [0, 0.05) is 24.7 Å². The van der Waals surface area contributed by atoms with Crippen LogP contribution in [0, 0.1) is 0 Å². The van der Waals surface area contributed by atoms with Crippen molar-refractivity contribution in [3.05, 3.63) is 20.8 Å². The molecule has 0 aliphatic heterocycles. The summed E-state index contributed by atoms with van der Waals surface area (Å²) in [7, 11) is 1.61. The first-order valence-electron chi connectivity index (χ1n) is 5.98. The topological polar surface area (TPSA) is 72.7 Å². The zero-order valence-electron chi connectivity index (χ0n) is 10.8. The third-order valence-electron chi connectivity index (χ3n) is 2.73. The van der Waals surface area contributed by atoms with Crippen molar-refractivity contribution < 1.29 is 0 Å². The number of aromatic amines is 1. The maximum Gasteiger partial charge on any atom is 0.329 e. The second-order valence-electron chi connectivity index (χ2n) is 4.07. The van der Waals surface area contributed by atoms with E-state index >= 15 is 0 Å². The summed E-state index contributed by atoms with van der Waals surface area (Å²) < 4.78 is 3.27. The number of aromatic nitrogens is 4. The number of nitrogens with one attached hydrogen (secondary N) is 1. The van der Waals surface area contributed by atoms with Crippen molar-refractivity contribution in [3.8, 4) is 0 Å². The summed E-state index contributed by atoms with van der Waals surface area (Å²) in [6.07, 6.45) is 0.898. The quantitative estimate of drug-likeness (QED) is 0.654. The monoisotopic (exact) mass is 346 g/mol. The van der Waals surface area contributed by atoms with E-state index in [1.807, 2.05) is 11.5 Å². The van der Waals surface area contributed by atoms with E-state index in [1.54, 1.807) is 18.8 Å². The van der Waals surface area contributed by atoms with E-state index in [2.05, 4.69) is 25.9 Å².